The highest BCUT2D eigenvalue weighted by molar-refractivity contribution is 5.73. The highest BCUT2D eigenvalue weighted by atomic mass is 16.4. The summed E-state index contributed by atoms with van der Waals surface area (Å²) in [6.07, 6.45) is 0.952. The van der Waals surface area contributed by atoms with Crippen LogP contribution >= 0.6 is 0 Å². The number of benzene rings is 1. The first-order chi connectivity index (χ1) is 8.01. The Balaban J connectivity index is 2.10. The third kappa shape index (κ3) is 1.50. The maximum Gasteiger partial charge on any atom is 0.419 e. The van der Waals surface area contributed by atoms with Crippen LogP contribution in [0.5, 0.6) is 0 Å². The Bertz CT molecular complexity index is 637. The molecule has 3 rings (SSSR count). The second-order valence-corrected chi connectivity index (χ2v) is 4.79. The van der Waals surface area contributed by atoms with Gasteiger partial charge in [0.25, 0.3) is 0 Å². The number of aromatic nitrogens is 1. The van der Waals surface area contributed by atoms with Crippen LogP contribution in [-0.4, -0.2) is 15.2 Å². The van der Waals surface area contributed by atoms with E-state index >= 15 is 0 Å². The van der Waals surface area contributed by atoms with Crippen LogP contribution in [0.3, 0.4) is 0 Å². The van der Waals surface area contributed by atoms with Gasteiger partial charge in [0.2, 0.25) is 0 Å². The van der Waals surface area contributed by atoms with Crippen molar-refractivity contribution in [1.29, 1.82) is 0 Å². The summed E-state index contributed by atoms with van der Waals surface area (Å²) >= 11 is 0. The van der Waals surface area contributed by atoms with Crippen LogP contribution < -0.4 is 11.5 Å². The molecule has 1 heterocycles. The number of hydrogen-bond donors (Lipinski definition) is 2. The quantitative estimate of drug-likeness (QED) is 0.799. The van der Waals surface area contributed by atoms with Crippen molar-refractivity contribution in [1.82, 2.24) is 4.57 Å². The fraction of sp³-hybridized carbons (Fsp3) is 0.417. The van der Waals surface area contributed by atoms with Gasteiger partial charge in [-0.3, -0.25) is 4.57 Å². The zero-order valence-electron chi connectivity index (χ0n) is 9.51. The maximum atomic E-state index is 11.3. The summed E-state index contributed by atoms with van der Waals surface area (Å²) in [7, 11) is 1.65. The lowest BCUT2D eigenvalue weighted by Gasteiger charge is -2.17. The molecule has 1 aromatic heterocycles. The molecule has 1 aliphatic rings. The molecule has 90 valence electrons. The Hall–Kier alpha value is -1.59. The van der Waals surface area contributed by atoms with Crippen LogP contribution in [0.1, 0.15) is 24.5 Å². The highest BCUT2D eigenvalue weighted by Crippen LogP contribution is 2.43. The van der Waals surface area contributed by atoms with Gasteiger partial charge in [0.1, 0.15) is 0 Å². The van der Waals surface area contributed by atoms with E-state index in [1.165, 1.54) is 4.57 Å². The minimum absolute atomic E-state index is 0.402. The number of rotatable bonds is 2. The van der Waals surface area contributed by atoms with Crippen molar-refractivity contribution in [2.24, 2.45) is 12.8 Å². The third-order valence-electron chi connectivity index (χ3n) is 3.50. The van der Waals surface area contributed by atoms with Crippen molar-refractivity contribution in [2.75, 3.05) is 0 Å². The van der Waals surface area contributed by atoms with E-state index in [4.69, 9.17) is 10.2 Å². The molecule has 1 fully saturated rings. The van der Waals surface area contributed by atoms with Gasteiger partial charge in [-0.15, -0.1) is 0 Å². The van der Waals surface area contributed by atoms with E-state index in [0.717, 1.165) is 12.8 Å². The second-order valence-electron chi connectivity index (χ2n) is 4.79. The van der Waals surface area contributed by atoms with Gasteiger partial charge in [0.15, 0.2) is 5.58 Å². The van der Waals surface area contributed by atoms with Crippen LogP contribution in [0.2, 0.25) is 0 Å². The number of aryl methyl sites for hydroxylation is 1. The van der Waals surface area contributed by atoms with Gasteiger partial charge in [0, 0.05) is 12.6 Å². The summed E-state index contributed by atoms with van der Waals surface area (Å²) in [4.78, 5) is 11.3. The number of fused-ring (bicyclic) bond motifs is 1. The molecular formula is C12H14N2O3. The predicted molar refractivity (Wildman–Crippen MR) is 62.6 cm³/mol. The van der Waals surface area contributed by atoms with Crippen LogP contribution in [0.4, 0.5) is 0 Å². The molecule has 0 aliphatic heterocycles. The molecule has 5 heteroatoms. The average Bonchev–Trinajstić information content (AvgIpc) is 3.00. The maximum absolute atomic E-state index is 11.3. The van der Waals surface area contributed by atoms with Crippen molar-refractivity contribution in [2.45, 2.75) is 24.5 Å². The van der Waals surface area contributed by atoms with Gasteiger partial charge in [-0.25, -0.2) is 4.79 Å². The van der Waals surface area contributed by atoms with Gasteiger partial charge in [-0.1, -0.05) is 6.07 Å². The molecule has 1 aromatic carbocycles. The van der Waals surface area contributed by atoms with Crippen molar-refractivity contribution in [3.05, 3.63) is 34.3 Å². The molecule has 2 aromatic rings. The summed E-state index contributed by atoms with van der Waals surface area (Å²) in [5, 5.41) is 10.1. The first-order valence-corrected chi connectivity index (χ1v) is 5.58. The first-order valence-electron chi connectivity index (χ1n) is 5.58. The van der Waals surface area contributed by atoms with Crippen LogP contribution in [0, 0.1) is 0 Å². The van der Waals surface area contributed by atoms with E-state index in [1.807, 2.05) is 0 Å². The summed E-state index contributed by atoms with van der Waals surface area (Å²) in [5.74, 6) is -0.402. The molecule has 0 radical (unpaired) electrons. The molecular weight excluding hydrogens is 220 g/mol. The molecule has 0 amide bonds. The largest absolute Gasteiger partial charge is 0.419 e. The Kier molecular flexibility index (Phi) is 1.99. The van der Waals surface area contributed by atoms with Crippen LogP contribution in [0.15, 0.2) is 27.4 Å². The minimum Gasteiger partial charge on any atom is -0.408 e. The summed E-state index contributed by atoms with van der Waals surface area (Å²) in [6.45, 7) is 0. The number of nitrogens with zero attached hydrogens (tertiary/aromatic N) is 1. The molecule has 1 aliphatic carbocycles. The van der Waals surface area contributed by atoms with E-state index in [-0.39, 0.29) is 0 Å². The third-order valence-corrected chi connectivity index (χ3v) is 3.50. The standard InChI is InChI=1S/C12H14N2O3/c1-14-8-3-2-7(6-9(8)17-11(14)16)10(15)12(13)4-5-12/h2-3,6,10,15H,4-5,13H2,1H3. The van der Waals surface area contributed by atoms with Crippen molar-refractivity contribution < 1.29 is 9.52 Å². The summed E-state index contributed by atoms with van der Waals surface area (Å²) < 4.78 is 6.51. The minimum atomic E-state index is -0.697. The SMILES string of the molecule is Cn1c(=O)oc2cc(C(O)C3(N)CC3)ccc21. The number of oxazole rings is 1. The number of aliphatic hydroxyl groups excluding tert-OH is 1. The lowest BCUT2D eigenvalue weighted by molar-refractivity contribution is 0.136. The Labute approximate surface area is 97.5 Å². The van der Waals surface area contributed by atoms with E-state index in [0.29, 0.717) is 16.7 Å². The second kappa shape index (κ2) is 3.21. The number of nitrogens with two attached hydrogens (primary N) is 1. The monoisotopic (exact) mass is 234 g/mol. The molecule has 0 bridgehead atoms. The molecule has 17 heavy (non-hydrogen) atoms. The summed E-state index contributed by atoms with van der Waals surface area (Å²) in [6, 6.07) is 5.24. The lowest BCUT2D eigenvalue weighted by Crippen LogP contribution is -2.30. The van der Waals surface area contributed by atoms with Crippen molar-refractivity contribution in [3.8, 4) is 0 Å². The van der Waals surface area contributed by atoms with E-state index in [1.54, 1.807) is 25.2 Å². The molecule has 1 unspecified atom stereocenters. The highest BCUT2D eigenvalue weighted by Gasteiger charge is 2.45. The van der Waals surface area contributed by atoms with Crippen molar-refractivity contribution in [3.63, 3.8) is 0 Å². The van der Waals surface area contributed by atoms with E-state index in [9.17, 15) is 9.90 Å². The molecule has 0 saturated heterocycles. The topological polar surface area (TPSA) is 81.4 Å². The van der Waals surface area contributed by atoms with E-state index in [2.05, 4.69) is 0 Å². The zero-order valence-corrected chi connectivity index (χ0v) is 9.51. The van der Waals surface area contributed by atoms with Crippen molar-refractivity contribution >= 4 is 11.1 Å². The molecule has 1 saturated carbocycles. The molecule has 0 spiro atoms. The average molecular weight is 234 g/mol. The Morgan fingerprint density at radius 2 is 2.24 bits per heavy atom. The van der Waals surface area contributed by atoms with Gasteiger partial charge < -0.3 is 15.3 Å². The fourth-order valence-corrected chi connectivity index (χ4v) is 2.07. The molecule has 1 atom stereocenters. The Morgan fingerprint density at radius 3 is 2.88 bits per heavy atom. The van der Waals surface area contributed by atoms with Gasteiger partial charge >= 0.3 is 5.76 Å². The number of hydrogen-bond acceptors (Lipinski definition) is 4. The predicted octanol–water partition coefficient (Wildman–Crippen LogP) is 0.656. The fourth-order valence-electron chi connectivity index (χ4n) is 2.07. The van der Waals surface area contributed by atoms with Crippen LogP contribution in [0.25, 0.3) is 11.1 Å². The molecule has 3 N–H and O–H groups in total. The van der Waals surface area contributed by atoms with Crippen LogP contribution in [-0.2, 0) is 7.05 Å². The van der Waals surface area contributed by atoms with Gasteiger partial charge in [-0.2, -0.15) is 0 Å². The summed E-state index contributed by atoms with van der Waals surface area (Å²) in [5.41, 5.74) is 7.36. The first kappa shape index (κ1) is 10.6. The zero-order chi connectivity index (χ0) is 12.2. The number of aliphatic hydroxyl groups is 1. The lowest BCUT2D eigenvalue weighted by atomic mass is 10.0. The Morgan fingerprint density at radius 1 is 1.53 bits per heavy atom. The van der Waals surface area contributed by atoms with E-state index < -0.39 is 17.4 Å². The smallest absolute Gasteiger partial charge is 0.408 e. The molecule has 5 nitrogen and oxygen atoms in total. The van der Waals surface area contributed by atoms with Gasteiger partial charge in [-0.05, 0) is 30.5 Å². The van der Waals surface area contributed by atoms with Gasteiger partial charge in [0.05, 0.1) is 11.6 Å². The normalized spacial score (nSPS) is 19.5.